The third-order valence-electron chi connectivity index (χ3n) is 1.43. The SMILES string of the molecule is COc1cc(C(C)Br)ccn1. The minimum Gasteiger partial charge on any atom is -0.481 e. The lowest BCUT2D eigenvalue weighted by Crippen LogP contribution is -1.89. The van der Waals surface area contributed by atoms with Crippen LogP contribution in [0.25, 0.3) is 0 Å². The van der Waals surface area contributed by atoms with Crippen molar-refractivity contribution in [3.63, 3.8) is 0 Å². The van der Waals surface area contributed by atoms with Gasteiger partial charge in [-0.25, -0.2) is 4.98 Å². The predicted octanol–water partition coefficient (Wildman–Crippen LogP) is 2.55. The van der Waals surface area contributed by atoms with Gasteiger partial charge in [0.2, 0.25) is 5.88 Å². The van der Waals surface area contributed by atoms with Crippen LogP contribution in [0, 0.1) is 0 Å². The van der Waals surface area contributed by atoms with E-state index >= 15 is 0 Å². The van der Waals surface area contributed by atoms with Crippen LogP contribution in [0.4, 0.5) is 0 Å². The molecule has 60 valence electrons. The van der Waals surface area contributed by atoms with E-state index in [9.17, 15) is 0 Å². The van der Waals surface area contributed by atoms with Crippen LogP contribution in [-0.2, 0) is 0 Å². The zero-order chi connectivity index (χ0) is 8.27. The number of hydrogen-bond acceptors (Lipinski definition) is 2. The van der Waals surface area contributed by atoms with Crippen molar-refractivity contribution in [3.05, 3.63) is 23.9 Å². The summed E-state index contributed by atoms with van der Waals surface area (Å²) in [5.74, 6) is 0.661. The molecule has 1 aromatic heterocycles. The molecule has 0 aliphatic rings. The molecule has 1 unspecified atom stereocenters. The van der Waals surface area contributed by atoms with Crippen molar-refractivity contribution >= 4 is 15.9 Å². The standard InChI is InChI=1S/C8H10BrNO/c1-6(9)7-3-4-10-8(5-7)11-2/h3-6H,1-2H3. The average Bonchev–Trinajstić information content (AvgIpc) is 2.05. The Labute approximate surface area is 74.7 Å². The summed E-state index contributed by atoms with van der Waals surface area (Å²) in [5, 5.41) is 0. The molecule has 0 fully saturated rings. The molecule has 11 heavy (non-hydrogen) atoms. The molecule has 1 heterocycles. The highest BCUT2D eigenvalue weighted by Gasteiger charge is 2.01. The van der Waals surface area contributed by atoms with Crippen LogP contribution >= 0.6 is 15.9 Å². The lowest BCUT2D eigenvalue weighted by molar-refractivity contribution is 0.397. The summed E-state index contributed by atoms with van der Waals surface area (Å²) in [6, 6.07) is 3.88. The Kier molecular flexibility index (Phi) is 2.88. The number of rotatable bonds is 2. The van der Waals surface area contributed by atoms with Crippen molar-refractivity contribution in [3.8, 4) is 5.88 Å². The molecule has 0 saturated carbocycles. The topological polar surface area (TPSA) is 22.1 Å². The highest BCUT2D eigenvalue weighted by molar-refractivity contribution is 9.09. The fourth-order valence-electron chi connectivity index (χ4n) is 0.784. The van der Waals surface area contributed by atoms with Gasteiger partial charge in [0.05, 0.1) is 7.11 Å². The van der Waals surface area contributed by atoms with Crippen molar-refractivity contribution in [1.82, 2.24) is 4.98 Å². The van der Waals surface area contributed by atoms with Crippen LogP contribution in [0.5, 0.6) is 5.88 Å². The maximum atomic E-state index is 4.97. The lowest BCUT2D eigenvalue weighted by atomic mass is 10.2. The summed E-state index contributed by atoms with van der Waals surface area (Å²) < 4.78 is 4.97. The Hall–Kier alpha value is -0.570. The molecule has 0 N–H and O–H groups in total. The van der Waals surface area contributed by atoms with Crippen molar-refractivity contribution in [2.45, 2.75) is 11.8 Å². The summed E-state index contributed by atoms with van der Waals surface area (Å²) >= 11 is 3.46. The Morgan fingerprint density at radius 3 is 2.91 bits per heavy atom. The molecule has 3 heteroatoms. The Bertz CT molecular complexity index is 237. The molecule has 0 saturated heterocycles. The second kappa shape index (κ2) is 3.72. The Balaban J connectivity index is 2.91. The molecule has 1 aromatic rings. The second-order valence-corrected chi connectivity index (χ2v) is 3.62. The van der Waals surface area contributed by atoms with Crippen LogP contribution in [-0.4, -0.2) is 12.1 Å². The molecule has 1 rings (SSSR count). The zero-order valence-electron chi connectivity index (χ0n) is 6.54. The highest BCUT2D eigenvalue weighted by atomic mass is 79.9. The van der Waals surface area contributed by atoms with Crippen LogP contribution < -0.4 is 4.74 Å². The number of aromatic nitrogens is 1. The first-order valence-corrected chi connectivity index (χ1v) is 4.29. The summed E-state index contributed by atoms with van der Waals surface area (Å²) in [7, 11) is 1.62. The molecule has 1 atom stereocenters. The van der Waals surface area contributed by atoms with E-state index in [-0.39, 0.29) is 0 Å². The van der Waals surface area contributed by atoms with Gasteiger partial charge in [-0.3, -0.25) is 0 Å². The number of pyridine rings is 1. The number of methoxy groups -OCH3 is 1. The zero-order valence-corrected chi connectivity index (χ0v) is 8.13. The highest BCUT2D eigenvalue weighted by Crippen LogP contribution is 2.23. The number of hydrogen-bond donors (Lipinski definition) is 0. The molecule has 0 spiro atoms. The third-order valence-corrected chi connectivity index (χ3v) is 1.96. The second-order valence-electron chi connectivity index (χ2n) is 2.25. The molecule has 2 nitrogen and oxygen atoms in total. The summed E-state index contributed by atoms with van der Waals surface area (Å²) in [4.78, 5) is 4.34. The summed E-state index contributed by atoms with van der Waals surface area (Å²) in [6.45, 7) is 2.06. The van der Waals surface area contributed by atoms with Gasteiger partial charge in [-0.2, -0.15) is 0 Å². The van der Waals surface area contributed by atoms with E-state index in [2.05, 4.69) is 27.8 Å². The van der Waals surface area contributed by atoms with E-state index in [0.29, 0.717) is 10.7 Å². The molecule has 0 radical (unpaired) electrons. The van der Waals surface area contributed by atoms with Crippen LogP contribution in [0.1, 0.15) is 17.3 Å². The monoisotopic (exact) mass is 215 g/mol. The Morgan fingerprint density at radius 1 is 1.64 bits per heavy atom. The lowest BCUT2D eigenvalue weighted by Gasteiger charge is -2.04. The van der Waals surface area contributed by atoms with E-state index in [1.165, 1.54) is 5.56 Å². The summed E-state index contributed by atoms with van der Waals surface area (Å²) in [6.07, 6.45) is 1.74. The number of alkyl halides is 1. The van der Waals surface area contributed by atoms with Crippen molar-refractivity contribution < 1.29 is 4.74 Å². The van der Waals surface area contributed by atoms with Gasteiger partial charge >= 0.3 is 0 Å². The average molecular weight is 216 g/mol. The molecule has 0 amide bonds. The fraction of sp³-hybridized carbons (Fsp3) is 0.375. The van der Waals surface area contributed by atoms with E-state index in [1.807, 2.05) is 12.1 Å². The number of halogens is 1. The number of nitrogens with zero attached hydrogens (tertiary/aromatic N) is 1. The van der Waals surface area contributed by atoms with Crippen molar-refractivity contribution in [2.75, 3.05) is 7.11 Å². The molecule has 0 aliphatic carbocycles. The predicted molar refractivity (Wildman–Crippen MR) is 48.1 cm³/mol. The van der Waals surface area contributed by atoms with Crippen molar-refractivity contribution in [1.29, 1.82) is 0 Å². The third kappa shape index (κ3) is 2.19. The normalized spacial score (nSPS) is 12.6. The molecule has 0 aliphatic heterocycles. The van der Waals surface area contributed by atoms with Gasteiger partial charge in [-0.05, 0) is 18.6 Å². The Morgan fingerprint density at radius 2 is 2.36 bits per heavy atom. The molecule has 0 bridgehead atoms. The van der Waals surface area contributed by atoms with Crippen molar-refractivity contribution in [2.24, 2.45) is 0 Å². The van der Waals surface area contributed by atoms with E-state index < -0.39 is 0 Å². The van der Waals surface area contributed by atoms with E-state index in [1.54, 1.807) is 13.3 Å². The largest absolute Gasteiger partial charge is 0.481 e. The minimum absolute atomic E-state index is 0.347. The van der Waals surface area contributed by atoms with E-state index in [0.717, 1.165) is 0 Å². The van der Waals surface area contributed by atoms with Gasteiger partial charge in [-0.1, -0.05) is 15.9 Å². The first kappa shape index (κ1) is 8.53. The maximum absolute atomic E-state index is 4.97. The minimum atomic E-state index is 0.347. The van der Waals surface area contributed by atoms with Gasteiger partial charge in [0.15, 0.2) is 0 Å². The first-order chi connectivity index (χ1) is 5.24. The van der Waals surface area contributed by atoms with Gasteiger partial charge < -0.3 is 4.74 Å². The fourth-order valence-corrected chi connectivity index (χ4v) is 1.07. The van der Waals surface area contributed by atoms with Gasteiger partial charge in [-0.15, -0.1) is 0 Å². The quantitative estimate of drug-likeness (QED) is 0.708. The molecule has 0 aromatic carbocycles. The van der Waals surface area contributed by atoms with E-state index in [4.69, 9.17) is 4.74 Å². The van der Waals surface area contributed by atoms with Gasteiger partial charge in [0.25, 0.3) is 0 Å². The summed E-state index contributed by atoms with van der Waals surface area (Å²) in [5.41, 5.74) is 1.18. The van der Waals surface area contributed by atoms with Crippen LogP contribution in [0.15, 0.2) is 18.3 Å². The van der Waals surface area contributed by atoms with Crippen LogP contribution in [0.3, 0.4) is 0 Å². The van der Waals surface area contributed by atoms with Crippen LogP contribution in [0.2, 0.25) is 0 Å². The smallest absolute Gasteiger partial charge is 0.213 e. The molecular weight excluding hydrogens is 206 g/mol. The van der Waals surface area contributed by atoms with Gasteiger partial charge in [0, 0.05) is 17.1 Å². The maximum Gasteiger partial charge on any atom is 0.213 e. The van der Waals surface area contributed by atoms with Gasteiger partial charge in [0.1, 0.15) is 0 Å². The number of ether oxygens (including phenoxy) is 1. The molecular formula is C8H10BrNO. The first-order valence-electron chi connectivity index (χ1n) is 3.38.